The second-order valence-corrected chi connectivity index (χ2v) is 8.53. The Morgan fingerprint density at radius 2 is 1.85 bits per heavy atom. The third kappa shape index (κ3) is 5.13. The summed E-state index contributed by atoms with van der Waals surface area (Å²) in [6.45, 7) is 4.08. The molecule has 3 aromatic rings. The van der Waals surface area contributed by atoms with E-state index in [1.165, 1.54) is 6.07 Å². The van der Waals surface area contributed by atoms with Gasteiger partial charge in [-0.25, -0.2) is 4.39 Å². The fourth-order valence-electron chi connectivity index (χ4n) is 4.36. The van der Waals surface area contributed by atoms with Gasteiger partial charge in [0.1, 0.15) is 11.5 Å². The molecule has 1 fully saturated rings. The van der Waals surface area contributed by atoms with Crippen LogP contribution in [0, 0.1) is 11.7 Å². The fourth-order valence-corrected chi connectivity index (χ4v) is 4.36. The first-order valence-corrected chi connectivity index (χ1v) is 11.4. The van der Waals surface area contributed by atoms with Crippen molar-refractivity contribution in [2.75, 3.05) is 26.2 Å². The van der Waals surface area contributed by atoms with E-state index in [0.717, 1.165) is 17.5 Å². The SMILES string of the molecule is CCCN1CCN(C(=O)c2ccn(C)n2)C[C@@H](Cc2ccc(-c3ccccc3F)cc2)C1=O. The molecule has 0 N–H and O–H groups in total. The van der Waals surface area contributed by atoms with Gasteiger partial charge in [-0.3, -0.25) is 14.3 Å². The van der Waals surface area contributed by atoms with Crippen LogP contribution in [0.3, 0.4) is 0 Å². The lowest BCUT2D eigenvalue weighted by Gasteiger charge is -2.23. The second kappa shape index (κ2) is 9.98. The number of carbonyl (C=O) groups is 2. The van der Waals surface area contributed by atoms with Crippen molar-refractivity contribution in [3.05, 3.63) is 77.9 Å². The van der Waals surface area contributed by atoms with E-state index in [9.17, 15) is 14.0 Å². The number of hydrogen-bond donors (Lipinski definition) is 0. The average molecular weight is 449 g/mol. The van der Waals surface area contributed by atoms with Crippen molar-refractivity contribution in [3.8, 4) is 11.1 Å². The maximum atomic E-state index is 14.1. The zero-order chi connectivity index (χ0) is 23.4. The molecule has 1 atom stereocenters. The van der Waals surface area contributed by atoms with Crippen LogP contribution in [0.15, 0.2) is 60.8 Å². The van der Waals surface area contributed by atoms with Gasteiger partial charge in [0, 0.05) is 45.0 Å². The van der Waals surface area contributed by atoms with Crippen molar-refractivity contribution >= 4 is 11.8 Å². The van der Waals surface area contributed by atoms with Gasteiger partial charge in [-0.15, -0.1) is 0 Å². The van der Waals surface area contributed by atoms with Crippen molar-refractivity contribution in [2.24, 2.45) is 13.0 Å². The first kappa shape index (κ1) is 22.7. The second-order valence-electron chi connectivity index (χ2n) is 8.53. The quantitative estimate of drug-likeness (QED) is 0.577. The largest absolute Gasteiger partial charge is 0.341 e. The first-order valence-electron chi connectivity index (χ1n) is 11.4. The maximum Gasteiger partial charge on any atom is 0.274 e. The van der Waals surface area contributed by atoms with Crippen molar-refractivity contribution < 1.29 is 14.0 Å². The van der Waals surface area contributed by atoms with E-state index in [-0.39, 0.29) is 23.5 Å². The van der Waals surface area contributed by atoms with Crippen LogP contribution >= 0.6 is 0 Å². The molecule has 0 unspecified atom stereocenters. The van der Waals surface area contributed by atoms with Crippen LogP contribution in [0.4, 0.5) is 4.39 Å². The first-order chi connectivity index (χ1) is 16.0. The predicted octanol–water partition coefficient (Wildman–Crippen LogP) is 3.78. The number of benzene rings is 2. The number of rotatable bonds is 6. The summed E-state index contributed by atoms with van der Waals surface area (Å²) in [5.41, 5.74) is 2.72. The van der Waals surface area contributed by atoms with E-state index in [4.69, 9.17) is 0 Å². The molecule has 7 heteroatoms. The van der Waals surface area contributed by atoms with E-state index in [1.54, 1.807) is 41.0 Å². The standard InChI is InChI=1S/C26H29FN4O2/c1-3-13-30-15-16-31(26(33)24-12-14-29(2)28-24)18-21(25(30)32)17-19-8-10-20(11-9-19)22-6-4-5-7-23(22)27/h4-12,14,21H,3,13,15-18H2,1-2H3/t21-/m1/s1. The van der Waals surface area contributed by atoms with E-state index in [2.05, 4.69) is 5.10 Å². The molecule has 0 spiro atoms. The zero-order valence-corrected chi connectivity index (χ0v) is 19.1. The lowest BCUT2D eigenvalue weighted by molar-refractivity contribution is -0.134. The number of nitrogens with zero attached hydrogens (tertiary/aromatic N) is 4. The zero-order valence-electron chi connectivity index (χ0n) is 19.1. The Labute approximate surface area is 193 Å². The van der Waals surface area contributed by atoms with Gasteiger partial charge in [-0.2, -0.15) is 5.10 Å². The van der Waals surface area contributed by atoms with Crippen molar-refractivity contribution in [2.45, 2.75) is 19.8 Å². The van der Waals surface area contributed by atoms with Gasteiger partial charge in [0.25, 0.3) is 5.91 Å². The highest BCUT2D eigenvalue weighted by atomic mass is 19.1. The lowest BCUT2D eigenvalue weighted by atomic mass is 9.95. The molecular formula is C26H29FN4O2. The highest BCUT2D eigenvalue weighted by Gasteiger charge is 2.33. The van der Waals surface area contributed by atoms with Crippen LogP contribution in [-0.4, -0.2) is 57.6 Å². The molecule has 4 rings (SSSR count). The Bertz CT molecular complexity index is 1130. The van der Waals surface area contributed by atoms with Gasteiger partial charge in [0.05, 0.1) is 5.92 Å². The number of amides is 2. The topological polar surface area (TPSA) is 58.4 Å². The Morgan fingerprint density at radius 3 is 2.52 bits per heavy atom. The van der Waals surface area contributed by atoms with Gasteiger partial charge in [0.15, 0.2) is 0 Å². The molecule has 33 heavy (non-hydrogen) atoms. The minimum absolute atomic E-state index is 0.0753. The van der Waals surface area contributed by atoms with Crippen molar-refractivity contribution in [1.29, 1.82) is 0 Å². The molecule has 1 aliphatic heterocycles. The number of aromatic nitrogens is 2. The van der Waals surface area contributed by atoms with Crippen LogP contribution in [0.5, 0.6) is 0 Å². The molecule has 1 aliphatic rings. The van der Waals surface area contributed by atoms with Gasteiger partial charge in [-0.1, -0.05) is 49.4 Å². The van der Waals surface area contributed by atoms with E-state index in [0.29, 0.717) is 43.9 Å². The highest BCUT2D eigenvalue weighted by Crippen LogP contribution is 2.25. The van der Waals surface area contributed by atoms with Gasteiger partial charge < -0.3 is 9.80 Å². The summed E-state index contributed by atoms with van der Waals surface area (Å²) in [5, 5.41) is 4.24. The highest BCUT2D eigenvalue weighted by molar-refractivity contribution is 5.93. The van der Waals surface area contributed by atoms with Gasteiger partial charge >= 0.3 is 0 Å². The number of halogens is 1. The van der Waals surface area contributed by atoms with E-state index in [1.807, 2.05) is 42.2 Å². The summed E-state index contributed by atoms with van der Waals surface area (Å²) in [4.78, 5) is 30.0. The predicted molar refractivity (Wildman–Crippen MR) is 125 cm³/mol. The number of carbonyl (C=O) groups excluding carboxylic acids is 2. The molecule has 1 aromatic heterocycles. The maximum absolute atomic E-state index is 14.1. The molecule has 2 amide bonds. The molecule has 1 saturated heterocycles. The van der Waals surface area contributed by atoms with Crippen molar-refractivity contribution in [1.82, 2.24) is 19.6 Å². The summed E-state index contributed by atoms with van der Waals surface area (Å²) in [5.74, 6) is -0.679. The molecular weight excluding hydrogens is 419 g/mol. The minimum atomic E-state index is -0.342. The molecule has 6 nitrogen and oxygen atoms in total. The van der Waals surface area contributed by atoms with E-state index >= 15 is 0 Å². The molecule has 2 aromatic carbocycles. The molecule has 0 aliphatic carbocycles. The number of hydrogen-bond acceptors (Lipinski definition) is 3. The van der Waals surface area contributed by atoms with Crippen LogP contribution in [0.25, 0.3) is 11.1 Å². The molecule has 0 radical (unpaired) electrons. The van der Waals surface area contributed by atoms with Gasteiger partial charge in [0.2, 0.25) is 5.91 Å². The Morgan fingerprint density at radius 1 is 1.09 bits per heavy atom. The molecule has 172 valence electrons. The lowest BCUT2D eigenvalue weighted by Crippen LogP contribution is -2.38. The third-order valence-corrected chi connectivity index (χ3v) is 6.08. The Balaban J connectivity index is 1.54. The minimum Gasteiger partial charge on any atom is -0.341 e. The molecule has 0 bridgehead atoms. The summed E-state index contributed by atoms with van der Waals surface area (Å²) in [6, 6.07) is 16.0. The Hall–Kier alpha value is -3.48. The normalized spacial score (nSPS) is 16.7. The third-order valence-electron chi connectivity index (χ3n) is 6.08. The molecule has 0 saturated carbocycles. The van der Waals surface area contributed by atoms with Crippen molar-refractivity contribution in [3.63, 3.8) is 0 Å². The van der Waals surface area contributed by atoms with E-state index < -0.39 is 0 Å². The van der Waals surface area contributed by atoms with Crippen LogP contribution in [0.1, 0.15) is 29.4 Å². The molecule has 2 heterocycles. The van der Waals surface area contributed by atoms with Gasteiger partial charge in [-0.05, 0) is 36.1 Å². The van der Waals surface area contributed by atoms with Crippen LogP contribution < -0.4 is 0 Å². The van der Waals surface area contributed by atoms with Crippen LogP contribution in [-0.2, 0) is 18.3 Å². The number of aryl methyl sites for hydroxylation is 1. The monoisotopic (exact) mass is 448 g/mol. The summed E-state index contributed by atoms with van der Waals surface area (Å²) < 4.78 is 15.7. The smallest absolute Gasteiger partial charge is 0.274 e. The van der Waals surface area contributed by atoms with Crippen LogP contribution in [0.2, 0.25) is 0 Å². The fraction of sp³-hybridized carbons (Fsp3) is 0.346. The summed E-state index contributed by atoms with van der Waals surface area (Å²) in [6.07, 6.45) is 3.13. The Kier molecular flexibility index (Phi) is 6.87. The summed E-state index contributed by atoms with van der Waals surface area (Å²) >= 11 is 0. The summed E-state index contributed by atoms with van der Waals surface area (Å²) in [7, 11) is 1.78. The average Bonchev–Trinajstić information content (AvgIpc) is 3.20.